The molecule has 2 heteroatoms. The summed E-state index contributed by atoms with van der Waals surface area (Å²) in [5.74, 6) is 0. The predicted octanol–water partition coefficient (Wildman–Crippen LogP) is 5.92. The van der Waals surface area contributed by atoms with Crippen LogP contribution in [-0.4, -0.2) is 24.4 Å². The summed E-state index contributed by atoms with van der Waals surface area (Å²) in [6, 6.07) is 0. The Balaban J connectivity index is 2.59. The third-order valence-electron chi connectivity index (χ3n) is 4.66. The van der Waals surface area contributed by atoms with Crippen molar-refractivity contribution in [3.05, 3.63) is 58.7 Å². The molecule has 2 nitrogen and oxygen atoms in total. The van der Waals surface area contributed by atoms with E-state index in [-0.39, 0.29) is 0 Å². The molecule has 0 aromatic rings. The minimum absolute atomic E-state index is 0.292. The lowest BCUT2D eigenvalue weighted by Gasteiger charge is -2.32. The minimum Gasteiger partial charge on any atom is -0.391 e. The lowest BCUT2D eigenvalue weighted by molar-refractivity contribution is 0.0597. The van der Waals surface area contributed by atoms with E-state index >= 15 is 0 Å². The Morgan fingerprint density at radius 2 is 1.96 bits per heavy atom. The fourth-order valence-electron chi connectivity index (χ4n) is 3.13. The van der Waals surface area contributed by atoms with Gasteiger partial charge in [-0.25, -0.2) is 0 Å². The van der Waals surface area contributed by atoms with Crippen molar-refractivity contribution in [2.45, 2.75) is 66.9 Å². The molecule has 0 heterocycles. The number of ether oxygens (including phenoxy) is 1. The maximum atomic E-state index is 9.14. The third kappa shape index (κ3) is 8.51. The van der Waals surface area contributed by atoms with Crippen molar-refractivity contribution in [2.24, 2.45) is 5.41 Å². The zero-order chi connectivity index (χ0) is 18.9. The van der Waals surface area contributed by atoms with Gasteiger partial charge in [-0.3, -0.25) is 0 Å². The van der Waals surface area contributed by atoms with Gasteiger partial charge >= 0.3 is 0 Å². The van der Waals surface area contributed by atoms with E-state index < -0.39 is 6.10 Å². The monoisotopic (exact) mass is 344 g/mol. The van der Waals surface area contributed by atoms with E-state index in [0.29, 0.717) is 18.6 Å². The summed E-state index contributed by atoms with van der Waals surface area (Å²) in [6.07, 6.45) is 16.2. The number of rotatable bonds is 8. The predicted molar refractivity (Wildman–Crippen MR) is 109 cm³/mol. The molecular weight excluding hydrogens is 308 g/mol. The van der Waals surface area contributed by atoms with Crippen LogP contribution in [0.15, 0.2) is 58.7 Å². The van der Waals surface area contributed by atoms with Gasteiger partial charge in [-0.15, -0.1) is 0 Å². The molecule has 0 aromatic heterocycles. The molecule has 0 aliphatic heterocycles. The molecule has 0 bridgehead atoms. The van der Waals surface area contributed by atoms with Crippen molar-refractivity contribution in [2.75, 3.05) is 13.2 Å². The summed E-state index contributed by atoms with van der Waals surface area (Å²) >= 11 is 0. The van der Waals surface area contributed by atoms with Crippen LogP contribution in [-0.2, 0) is 4.74 Å². The minimum atomic E-state index is -0.408. The maximum absolute atomic E-state index is 9.14. The fourth-order valence-corrected chi connectivity index (χ4v) is 3.13. The first kappa shape index (κ1) is 21.7. The molecule has 0 saturated heterocycles. The highest BCUT2D eigenvalue weighted by atomic mass is 16.5. The van der Waals surface area contributed by atoms with Crippen LogP contribution in [0.2, 0.25) is 0 Å². The molecule has 0 fully saturated rings. The fraction of sp³-hybridized carbons (Fsp3) is 0.565. The summed E-state index contributed by atoms with van der Waals surface area (Å²) in [5.41, 5.74) is 5.73. The lowest BCUT2D eigenvalue weighted by atomic mass is 9.72. The van der Waals surface area contributed by atoms with Crippen molar-refractivity contribution < 1.29 is 9.84 Å². The normalized spacial score (nSPS) is 20.8. The van der Waals surface area contributed by atoms with E-state index in [1.54, 1.807) is 6.92 Å². The first-order chi connectivity index (χ1) is 11.7. The largest absolute Gasteiger partial charge is 0.391 e. The molecule has 0 radical (unpaired) electrons. The topological polar surface area (TPSA) is 29.5 Å². The number of hydrogen-bond donors (Lipinski definition) is 1. The first-order valence-corrected chi connectivity index (χ1v) is 9.38. The van der Waals surface area contributed by atoms with E-state index in [9.17, 15) is 0 Å². The summed E-state index contributed by atoms with van der Waals surface area (Å²) in [4.78, 5) is 0. The quantitative estimate of drug-likeness (QED) is 0.438. The van der Waals surface area contributed by atoms with Gasteiger partial charge < -0.3 is 9.84 Å². The third-order valence-corrected chi connectivity index (χ3v) is 4.66. The standard InChI is InChI=1S/C23H36O2/c1-18(9-7-10-19(2)14-16-25-17-21(4)24)12-13-22-20(3)11-8-15-23(22,5)6/h7,9-10,12-14,21,24H,8,11,15-17H2,1-6H3. The van der Waals surface area contributed by atoms with Crippen molar-refractivity contribution in [1.29, 1.82) is 0 Å². The molecule has 1 atom stereocenters. The molecule has 0 amide bonds. The molecule has 1 aliphatic carbocycles. The van der Waals surface area contributed by atoms with Crippen LogP contribution in [0.4, 0.5) is 0 Å². The number of hydrogen-bond acceptors (Lipinski definition) is 2. The summed E-state index contributed by atoms with van der Waals surface area (Å²) in [5, 5.41) is 9.14. The van der Waals surface area contributed by atoms with Crippen molar-refractivity contribution in [3.63, 3.8) is 0 Å². The average Bonchev–Trinajstić information content (AvgIpc) is 2.50. The molecule has 0 spiro atoms. The van der Waals surface area contributed by atoms with Gasteiger partial charge in [0.1, 0.15) is 0 Å². The molecule has 1 aliphatic rings. The highest BCUT2D eigenvalue weighted by Crippen LogP contribution is 2.40. The van der Waals surface area contributed by atoms with Gasteiger partial charge in [0.25, 0.3) is 0 Å². The number of allylic oxidation sites excluding steroid dienone is 9. The van der Waals surface area contributed by atoms with Crippen LogP contribution in [0.3, 0.4) is 0 Å². The first-order valence-electron chi connectivity index (χ1n) is 9.38. The number of aliphatic hydroxyl groups excluding tert-OH is 1. The van der Waals surface area contributed by atoms with Gasteiger partial charge in [0.15, 0.2) is 0 Å². The van der Waals surface area contributed by atoms with E-state index in [1.807, 2.05) is 6.08 Å². The van der Waals surface area contributed by atoms with Crippen LogP contribution < -0.4 is 0 Å². The van der Waals surface area contributed by atoms with Gasteiger partial charge in [0.05, 0.1) is 19.3 Å². The second-order valence-electron chi connectivity index (χ2n) is 7.87. The van der Waals surface area contributed by atoms with Gasteiger partial charge in [-0.2, -0.15) is 0 Å². The second kappa shape index (κ2) is 10.6. The van der Waals surface area contributed by atoms with Gasteiger partial charge in [-0.1, -0.05) is 67.0 Å². The van der Waals surface area contributed by atoms with Crippen LogP contribution in [0.25, 0.3) is 0 Å². The molecular formula is C23H36O2. The summed E-state index contributed by atoms with van der Waals surface area (Å²) < 4.78 is 5.34. The zero-order valence-corrected chi connectivity index (χ0v) is 16.9. The molecule has 1 N–H and O–H groups in total. The second-order valence-corrected chi connectivity index (χ2v) is 7.87. The van der Waals surface area contributed by atoms with Crippen LogP contribution in [0, 0.1) is 5.41 Å². The molecule has 0 saturated carbocycles. The highest BCUT2D eigenvalue weighted by molar-refractivity contribution is 5.37. The molecule has 25 heavy (non-hydrogen) atoms. The van der Waals surface area contributed by atoms with Crippen LogP contribution in [0.5, 0.6) is 0 Å². The Morgan fingerprint density at radius 3 is 2.60 bits per heavy atom. The van der Waals surface area contributed by atoms with Gasteiger partial charge in [-0.05, 0) is 57.9 Å². The maximum Gasteiger partial charge on any atom is 0.0745 e. The summed E-state index contributed by atoms with van der Waals surface area (Å²) in [7, 11) is 0. The van der Waals surface area contributed by atoms with Gasteiger partial charge in [0.2, 0.25) is 0 Å². The molecule has 140 valence electrons. The van der Waals surface area contributed by atoms with E-state index in [4.69, 9.17) is 9.84 Å². The van der Waals surface area contributed by atoms with Crippen LogP contribution >= 0.6 is 0 Å². The van der Waals surface area contributed by atoms with Gasteiger partial charge in [0, 0.05) is 0 Å². The Labute approximate surface area is 154 Å². The van der Waals surface area contributed by atoms with Crippen LogP contribution in [0.1, 0.15) is 60.8 Å². The molecule has 1 rings (SSSR count). The van der Waals surface area contributed by atoms with Crippen molar-refractivity contribution >= 4 is 0 Å². The highest BCUT2D eigenvalue weighted by Gasteiger charge is 2.26. The van der Waals surface area contributed by atoms with E-state index in [2.05, 4.69) is 65.0 Å². The lowest BCUT2D eigenvalue weighted by Crippen LogP contribution is -2.19. The molecule has 0 aromatic carbocycles. The van der Waals surface area contributed by atoms with Crippen molar-refractivity contribution in [3.8, 4) is 0 Å². The Kier molecular flexibility index (Phi) is 9.16. The van der Waals surface area contributed by atoms with Crippen molar-refractivity contribution in [1.82, 2.24) is 0 Å². The SMILES string of the molecule is CC(C=CC1=C(C)CCCC1(C)C)=CC=CC(C)=CCOCC(C)O. The van der Waals surface area contributed by atoms with E-state index in [0.717, 1.165) is 5.57 Å². The average molecular weight is 345 g/mol. The Hall–Kier alpha value is -1.38. The number of aliphatic hydroxyl groups is 1. The smallest absolute Gasteiger partial charge is 0.0745 e. The summed E-state index contributed by atoms with van der Waals surface area (Å²) in [6.45, 7) is 13.8. The zero-order valence-electron chi connectivity index (χ0n) is 16.9. The Bertz CT molecular complexity index is 569. The molecule has 1 unspecified atom stereocenters. The Morgan fingerprint density at radius 1 is 1.24 bits per heavy atom. The van der Waals surface area contributed by atoms with E-state index in [1.165, 1.54) is 36.0 Å².